The van der Waals surface area contributed by atoms with Gasteiger partial charge in [-0.05, 0) is 76.1 Å². The molecule has 4 rings (SSSR count). The normalized spacial score (nSPS) is 13.5. The maximum atomic E-state index is 13.1. The molecule has 0 fully saturated rings. The average Bonchev–Trinajstić information content (AvgIpc) is 3.29. The Bertz CT molecular complexity index is 1670. The third kappa shape index (κ3) is 6.65. The van der Waals surface area contributed by atoms with E-state index in [9.17, 15) is 15.2 Å². The van der Waals surface area contributed by atoms with Crippen LogP contribution in [0, 0.1) is 18.3 Å². The number of amides is 1. The van der Waals surface area contributed by atoms with Gasteiger partial charge in [-0.25, -0.2) is 9.50 Å². The fourth-order valence-electron chi connectivity index (χ4n) is 4.05. The summed E-state index contributed by atoms with van der Waals surface area (Å²) in [5, 5.41) is 27.5. The first-order valence-corrected chi connectivity index (χ1v) is 16.2. The molecule has 0 bridgehead atoms. The number of hydrogen-bond acceptors (Lipinski definition) is 7. The van der Waals surface area contributed by atoms with Gasteiger partial charge in [-0.3, -0.25) is 9.78 Å². The SMILES string of the molecule is Cc1cc(-c2c(-c3cccc(C#N)c3)nn3ccc(C(=O)NC(C)C(C)(C)O)nc23)cc(COS(C)(C)C(C)(C)C)n1. The van der Waals surface area contributed by atoms with E-state index in [1.54, 1.807) is 49.7 Å². The second-order valence-electron chi connectivity index (χ2n) is 12.4. The molecular formula is C32H40N6O3S. The van der Waals surface area contributed by atoms with Gasteiger partial charge < -0.3 is 14.6 Å². The number of hydrogen-bond donors (Lipinski definition) is 2. The monoisotopic (exact) mass is 588 g/mol. The van der Waals surface area contributed by atoms with E-state index >= 15 is 0 Å². The Labute approximate surface area is 249 Å². The third-order valence-electron chi connectivity index (χ3n) is 7.66. The lowest BCUT2D eigenvalue weighted by Crippen LogP contribution is -2.47. The molecule has 1 unspecified atom stereocenters. The summed E-state index contributed by atoms with van der Waals surface area (Å²) in [6.45, 7) is 13.8. The zero-order valence-corrected chi connectivity index (χ0v) is 26.6. The largest absolute Gasteiger partial charge is 0.388 e. The van der Waals surface area contributed by atoms with Crippen molar-refractivity contribution in [3.05, 3.63) is 71.3 Å². The lowest BCUT2D eigenvalue weighted by atomic mass is 9.99. The van der Waals surface area contributed by atoms with Crippen molar-refractivity contribution in [1.82, 2.24) is 24.9 Å². The van der Waals surface area contributed by atoms with Crippen LogP contribution in [0.1, 0.15) is 69.0 Å². The Morgan fingerprint density at radius 1 is 1.12 bits per heavy atom. The number of rotatable bonds is 8. The average molecular weight is 589 g/mol. The van der Waals surface area contributed by atoms with Crippen molar-refractivity contribution in [3.8, 4) is 28.5 Å². The van der Waals surface area contributed by atoms with Crippen molar-refractivity contribution in [3.63, 3.8) is 0 Å². The van der Waals surface area contributed by atoms with E-state index in [0.29, 0.717) is 29.1 Å². The predicted octanol–water partition coefficient (Wildman–Crippen LogP) is 5.82. The first-order chi connectivity index (χ1) is 19.5. The molecule has 0 saturated carbocycles. The molecule has 42 heavy (non-hydrogen) atoms. The van der Waals surface area contributed by atoms with Gasteiger partial charge in [0.25, 0.3) is 5.91 Å². The number of fused-ring (bicyclic) bond motifs is 1. The van der Waals surface area contributed by atoms with Crippen LogP contribution in [0.15, 0.2) is 48.7 Å². The molecule has 0 spiro atoms. The fourth-order valence-corrected chi connectivity index (χ4v) is 4.82. The van der Waals surface area contributed by atoms with Gasteiger partial charge in [0, 0.05) is 22.2 Å². The fraction of sp³-hybridized carbons (Fsp3) is 0.406. The minimum atomic E-state index is -1.37. The molecule has 0 aliphatic rings. The van der Waals surface area contributed by atoms with Crippen LogP contribution >= 0.6 is 10.3 Å². The molecule has 0 aliphatic heterocycles. The smallest absolute Gasteiger partial charge is 0.270 e. The lowest BCUT2D eigenvalue weighted by molar-refractivity contribution is 0.0407. The molecule has 3 heterocycles. The summed E-state index contributed by atoms with van der Waals surface area (Å²) >= 11 is 0. The molecule has 0 radical (unpaired) electrons. The summed E-state index contributed by atoms with van der Waals surface area (Å²) in [6.07, 6.45) is 6.01. The Morgan fingerprint density at radius 3 is 2.48 bits per heavy atom. The molecule has 10 heteroatoms. The molecule has 222 valence electrons. The number of nitriles is 1. The van der Waals surface area contributed by atoms with Crippen LogP contribution in [0.2, 0.25) is 0 Å². The second kappa shape index (κ2) is 11.5. The molecule has 3 aromatic heterocycles. The molecular weight excluding hydrogens is 548 g/mol. The highest BCUT2D eigenvalue weighted by Crippen LogP contribution is 2.54. The maximum absolute atomic E-state index is 13.1. The summed E-state index contributed by atoms with van der Waals surface area (Å²) in [7, 11) is -1.37. The maximum Gasteiger partial charge on any atom is 0.270 e. The molecule has 1 aromatic carbocycles. The third-order valence-corrected chi connectivity index (χ3v) is 11.3. The summed E-state index contributed by atoms with van der Waals surface area (Å²) in [5.74, 6) is -0.403. The van der Waals surface area contributed by atoms with E-state index in [2.05, 4.69) is 44.7 Å². The summed E-state index contributed by atoms with van der Waals surface area (Å²) < 4.78 is 8.07. The highest BCUT2D eigenvalue weighted by molar-refractivity contribution is 8.29. The van der Waals surface area contributed by atoms with Crippen molar-refractivity contribution in [2.75, 3.05) is 12.5 Å². The van der Waals surface area contributed by atoms with Gasteiger partial charge in [0.2, 0.25) is 0 Å². The number of aromatic nitrogens is 4. The topological polar surface area (TPSA) is 125 Å². The number of nitrogens with zero attached hydrogens (tertiary/aromatic N) is 5. The van der Waals surface area contributed by atoms with Crippen molar-refractivity contribution >= 4 is 21.9 Å². The summed E-state index contributed by atoms with van der Waals surface area (Å²) in [4.78, 5) is 22.6. The van der Waals surface area contributed by atoms with E-state index in [-0.39, 0.29) is 10.4 Å². The molecule has 2 N–H and O–H groups in total. The number of carbonyl (C=O) groups is 1. The summed E-state index contributed by atoms with van der Waals surface area (Å²) in [6, 6.07) is 14.5. The standard InChI is InChI=1S/C32H40N6O3S/c1-20-15-24(17-25(34-20)19-41-42(8,9)31(3,4)5)27-28(23-12-10-11-22(16-23)18-33)37-38-14-13-26(36-29(27)38)30(39)35-21(2)32(6,7)40/h10-17,21,40H,19H2,1-9H3,(H,35,39). The van der Waals surface area contributed by atoms with E-state index < -0.39 is 27.9 Å². The van der Waals surface area contributed by atoms with E-state index in [0.717, 1.165) is 22.5 Å². The van der Waals surface area contributed by atoms with Crippen LogP contribution in [0.25, 0.3) is 28.0 Å². The van der Waals surface area contributed by atoms with Gasteiger partial charge in [-0.2, -0.15) is 10.4 Å². The van der Waals surface area contributed by atoms with Gasteiger partial charge >= 0.3 is 0 Å². The molecule has 4 aromatic rings. The highest BCUT2D eigenvalue weighted by Gasteiger charge is 2.29. The molecule has 1 atom stereocenters. The van der Waals surface area contributed by atoms with Crippen molar-refractivity contribution in [1.29, 1.82) is 5.26 Å². The Morgan fingerprint density at radius 2 is 1.83 bits per heavy atom. The molecule has 0 aliphatic carbocycles. The Kier molecular flexibility index (Phi) is 8.52. The minimum absolute atomic E-state index is 0.00462. The van der Waals surface area contributed by atoms with Crippen LogP contribution in [0.4, 0.5) is 0 Å². The van der Waals surface area contributed by atoms with Crippen LogP contribution in [-0.2, 0) is 10.8 Å². The van der Waals surface area contributed by atoms with Gasteiger partial charge in [0.15, 0.2) is 5.65 Å². The number of benzene rings is 1. The molecule has 0 saturated heterocycles. The number of carbonyl (C=O) groups excluding carboxylic acids is 1. The minimum Gasteiger partial charge on any atom is -0.388 e. The Hall–Kier alpha value is -3.78. The van der Waals surface area contributed by atoms with Gasteiger partial charge in [-0.1, -0.05) is 32.9 Å². The highest BCUT2D eigenvalue weighted by atomic mass is 32.3. The summed E-state index contributed by atoms with van der Waals surface area (Å²) in [5.41, 5.74) is 4.58. The second-order valence-corrected chi connectivity index (χ2v) is 16.4. The number of aliphatic hydroxyl groups is 1. The van der Waals surface area contributed by atoms with Crippen LogP contribution in [0.3, 0.4) is 0 Å². The first-order valence-electron chi connectivity index (χ1n) is 13.8. The predicted molar refractivity (Wildman–Crippen MR) is 168 cm³/mol. The zero-order chi connectivity index (χ0) is 31.0. The van der Waals surface area contributed by atoms with Gasteiger partial charge in [-0.15, -0.1) is 10.3 Å². The lowest BCUT2D eigenvalue weighted by Gasteiger charge is -2.43. The van der Waals surface area contributed by atoms with E-state index in [4.69, 9.17) is 19.2 Å². The van der Waals surface area contributed by atoms with Crippen LogP contribution in [-0.4, -0.2) is 59.5 Å². The van der Waals surface area contributed by atoms with Crippen molar-refractivity contribution < 1.29 is 14.1 Å². The van der Waals surface area contributed by atoms with Gasteiger partial charge in [0.1, 0.15) is 18.0 Å². The van der Waals surface area contributed by atoms with Crippen LogP contribution in [0.5, 0.6) is 0 Å². The number of aryl methyl sites for hydroxylation is 1. The van der Waals surface area contributed by atoms with Gasteiger partial charge in [0.05, 0.1) is 34.5 Å². The first kappa shape index (κ1) is 31.2. The van der Waals surface area contributed by atoms with E-state index in [1.165, 1.54) is 0 Å². The van der Waals surface area contributed by atoms with Crippen LogP contribution < -0.4 is 5.32 Å². The van der Waals surface area contributed by atoms with E-state index in [1.807, 2.05) is 31.2 Å². The zero-order valence-electron chi connectivity index (χ0n) is 25.8. The number of nitrogens with one attached hydrogen (secondary N) is 1. The molecule has 1 amide bonds. The number of pyridine rings is 1. The van der Waals surface area contributed by atoms with Crippen molar-refractivity contribution in [2.24, 2.45) is 0 Å². The molecule has 9 nitrogen and oxygen atoms in total. The Balaban J connectivity index is 1.87. The van der Waals surface area contributed by atoms with Crippen molar-refractivity contribution in [2.45, 2.75) is 71.5 Å². The quantitative estimate of drug-likeness (QED) is 0.266.